The van der Waals surface area contributed by atoms with Crippen molar-refractivity contribution in [2.24, 2.45) is 0 Å². The predicted molar refractivity (Wildman–Crippen MR) is 85.6 cm³/mol. The molecule has 0 radical (unpaired) electrons. The lowest BCUT2D eigenvalue weighted by molar-refractivity contribution is 0.179. The van der Waals surface area contributed by atoms with Crippen molar-refractivity contribution >= 4 is 10.8 Å². The van der Waals surface area contributed by atoms with E-state index in [1.165, 1.54) is 0 Å². The number of rotatable bonds is 4. The fourth-order valence-electron chi connectivity index (χ4n) is 2.62. The van der Waals surface area contributed by atoms with Crippen LogP contribution in [0.3, 0.4) is 0 Å². The van der Waals surface area contributed by atoms with Crippen molar-refractivity contribution in [2.75, 3.05) is 7.11 Å². The Morgan fingerprint density at radius 1 is 0.952 bits per heavy atom. The van der Waals surface area contributed by atoms with Gasteiger partial charge in [-0.3, -0.25) is 0 Å². The Hall–Kier alpha value is -2.32. The van der Waals surface area contributed by atoms with Crippen LogP contribution < -0.4 is 4.74 Å². The molecule has 0 bridgehead atoms. The maximum atomic E-state index is 10.4. The Bertz CT molecular complexity index is 735. The lowest BCUT2D eigenvalue weighted by atomic mass is 9.96. The van der Waals surface area contributed by atoms with E-state index in [2.05, 4.69) is 12.1 Å². The highest BCUT2D eigenvalue weighted by atomic mass is 16.5. The molecule has 2 heteroatoms. The Labute approximate surface area is 124 Å². The second kappa shape index (κ2) is 5.98. The van der Waals surface area contributed by atoms with Gasteiger partial charge in [0.25, 0.3) is 0 Å². The lowest BCUT2D eigenvalue weighted by Crippen LogP contribution is -2.02. The summed E-state index contributed by atoms with van der Waals surface area (Å²) in [6.45, 7) is 0. The first-order valence-corrected chi connectivity index (χ1v) is 7.06. The summed E-state index contributed by atoms with van der Waals surface area (Å²) in [6, 6.07) is 22.0. The van der Waals surface area contributed by atoms with Gasteiger partial charge in [0.05, 0.1) is 13.2 Å². The fourth-order valence-corrected chi connectivity index (χ4v) is 2.62. The summed E-state index contributed by atoms with van der Waals surface area (Å²) in [7, 11) is 1.67. The standard InChI is InChI=1S/C19H18O2/c1-21-17-11-10-14-8-5-9-16(18(14)13-17)12-19(20)15-6-3-2-4-7-15/h2-11,13,19-20H,12H2,1H3. The van der Waals surface area contributed by atoms with Gasteiger partial charge in [-0.2, -0.15) is 0 Å². The van der Waals surface area contributed by atoms with Gasteiger partial charge in [-0.1, -0.05) is 54.6 Å². The Morgan fingerprint density at radius 2 is 1.76 bits per heavy atom. The minimum atomic E-state index is -0.497. The molecular formula is C19H18O2. The molecule has 1 atom stereocenters. The number of methoxy groups -OCH3 is 1. The summed E-state index contributed by atoms with van der Waals surface area (Å²) in [5.41, 5.74) is 2.07. The smallest absolute Gasteiger partial charge is 0.119 e. The minimum absolute atomic E-state index is 0.497. The van der Waals surface area contributed by atoms with Crippen molar-refractivity contribution in [3.63, 3.8) is 0 Å². The maximum absolute atomic E-state index is 10.4. The van der Waals surface area contributed by atoms with Gasteiger partial charge in [-0.25, -0.2) is 0 Å². The second-order valence-electron chi connectivity index (χ2n) is 5.13. The van der Waals surface area contributed by atoms with Crippen molar-refractivity contribution in [3.8, 4) is 5.75 Å². The number of ether oxygens (including phenoxy) is 1. The average molecular weight is 278 g/mol. The van der Waals surface area contributed by atoms with E-state index in [0.717, 1.165) is 27.6 Å². The maximum Gasteiger partial charge on any atom is 0.119 e. The molecule has 0 aliphatic rings. The Balaban J connectivity index is 1.96. The van der Waals surface area contributed by atoms with E-state index in [1.54, 1.807) is 7.11 Å². The molecule has 0 heterocycles. The summed E-state index contributed by atoms with van der Waals surface area (Å²) < 4.78 is 5.30. The molecule has 106 valence electrons. The van der Waals surface area contributed by atoms with E-state index in [4.69, 9.17) is 4.74 Å². The van der Waals surface area contributed by atoms with Crippen LogP contribution >= 0.6 is 0 Å². The molecular weight excluding hydrogens is 260 g/mol. The van der Waals surface area contributed by atoms with Gasteiger partial charge in [0.1, 0.15) is 5.75 Å². The molecule has 3 aromatic rings. The molecule has 0 fully saturated rings. The van der Waals surface area contributed by atoms with Crippen LogP contribution in [0, 0.1) is 0 Å². The molecule has 0 aromatic heterocycles. The van der Waals surface area contributed by atoms with Crippen LogP contribution in [0.1, 0.15) is 17.2 Å². The zero-order chi connectivity index (χ0) is 14.7. The number of hydrogen-bond donors (Lipinski definition) is 1. The van der Waals surface area contributed by atoms with Crippen LogP contribution in [0.2, 0.25) is 0 Å². The highest BCUT2D eigenvalue weighted by Gasteiger charge is 2.10. The zero-order valence-corrected chi connectivity index (χ0v) is 12.0. The fraction of sp³-hybridized carbons (Fsp3) is 0.158. The third-order valence-corrected chi connectivity index (χ3v) is 3.78. The SMILES string of the molecule is COc1ccc2cccc(CC(O)c3ccccc3)c2c1. The number of aliphatic hydroxyl groups is 1. The largest absolute Gasteiger partial charge is 0.497 e. The Morgan fingerprint density at radius 3 is 2.52 bits per heavy atom. The van der Waals surface area contributed by atoms with Crippen LogP contribution in [0.25, 0.3) is 10.8 Å². The van der Waals surface area contributed by atoms with E-state index < -0.39 is 6.10 Å². The van der Waals surface area contributed by atoms with E-state index >= 15 is 0 Å². The molecule has 0 aliphatic carbocycles. The predicted octanol–water partition coefficient (Wildman–Crippen LogP) is 4.12. The number of benzene rings is 3. The highest BCUT2D eigenvalue weighted by Crippen LogP contribution is 2.27. The van der Waals surface area contributed by atoms with Gasteiger partial charge in [0.2, 0.25) is 0 Å². The van der Waals surface area contributed by atoms with Crippen molar-refractivity contribution < 1.29 is 9.84 Å². The average Bonchev–Trinajstić information content (AvgIpc) is 2.55. The molecule has 3 aromatic carbocycles. The quantitative estimate of drug-likeness (QED) is 0.777. The molecule has 1 N–H and O–H groups in total. The van der Waals surface area contributed by atoms with Crippen molar-refractivity contribution in [3.05, 3.63) is 77.9 Å². The monoisotopic (exact) mass is 278 g/mol. The van der Waals surface area contributed by atoms with Crippen LogP contribution in [-0.4, -0.2) is 12.2 Å². The van der Waals surface area contributed by atoms with Gasteiger partial charge < -0.3 is 9.84 Å². The number of hydrogen-bond acceptors (Lipinski definition) is 2. The molecule has 3 rings (SSSR count). The summed E-state index contributed by atoms with van der Waals surface area (Å²) in [4.78, 5) is 0. The topological polar surface area (TPSA) is 29.5 Å². The van der Waals surface area contributed by atoms with Crippen molar-refractivity contribution in [1.29, 1.82) is 0 Å². The van der Waals surface area contributed by atoms with E-state index in [0.29, 0.717) is 6.42 Å². The first-order chi connectivity index (χ1) is 10.3. The first kappa shape index (κ1) is 13.7. The van der Waals surface area contributed by atoms with E-state index in [-0.39, 0.29) is 0 Å². The molecule has 0 spiro atoms. The summed E-state index contributed by atoms with van der Waals surface area (Å²) in [6.07, 6.45) is 0.0946. The molecule has 21 heavy (non-hydrogen) atoms. The normalized spacial score (nSPS) is 12.3. The van der Waals surface area contributed by atoms with E-state index in [9.17, 15) is 5.11 Å². The highest BCUT2D eigenvalue weighted by molar-refractivity contribution is 5.87. The van der Waals surface area contributed by atoms with Gasteiger partial charge in [0.15, 0.2) is 0 Å². The third kappa shape index (κ3) is 2.91. The van der Waals surface area contributed by atoms with Crippen LogP contribution in [-0.2, 0) is 6.42 Å². The Kier molecular flexibility index (Phi) is 3.89. The van der Waals surface area contributed by atoms with Crippen molar-refractivity contribution in [2.45, 2.75) is 12.5 Å². The van der Waals surface area contributed by atoms with Gasteiger partial charge >= 0.3 is 0 Å². The molecule has 0 saturated carbocycles. The summed E-state index contributed by atoms with van der Waals surface area (Å²) in [5, 5.41) is 12.7. The molecule has 2 nitrogen and oxygen atoms in total. The van der Waals surface area contributed by atoms with Crippen LogP contribution in [0.4, 0.5) is 0 Å². The first-order valence-electron chi connectivity index (χ1n) is 7.06. The molecule has 0 amide bonds. The van der Waals surface area contributed by atoms with Gasteiger partial charge in [-0.05, 0) is 34.0 Å². The second-order valence-corrected chi connectivity index (χ2v) is 5.13. The molecule has 0 aliphatic heterocycles. The molecule has 0 saturated heterocycles. The lowest BCUT2D eigenvalue weighted by Gasteiger charge is -2.13. The van der Waals surface area contributed by atoms with Crippen LogP contribution in [0.15, 0.2) is 66.7 Å². The number of fused-ring (bicyclic) bond motifs is 1. The zero-order valence-electron chi connectivity index (χ0n) is 12.0. The summed E-state index contributed by atoms with van der Waals surface area (Å²) >= 11 is 0. The van der Waals surface area contributed by atoms with E-state index in [1.807, 2.05) is 54.6 Å². The number of aliphatic hydroxyl groups excluding tert-OH is 1. The third-order valence-electron chi connectivity index (χ3n) is 3.78. The van der Waals surface area contributed by atoms with Gasteiger partial charge in [-0.15, -0.1) is 0 Å². The summed E-state index contributed by atoms with van der Waals surface area (Å²) in [5.74, 6) is 0.837. The van der Waals surface area contributed by atoms with Gasteiger partial charge in [0, 0.05) is 6.42 Å². The van der Waals surface area contributed by atoms with Crippen LogP contribution in [0.5, 0.6) is 5.75 Å². The molecule has 1 unspecified atom stereocenters. The van der Waals surface area contributed by atoms with Crippen molar-refractivity contribution in [1.82, 2.24) is 0 Å². The minimum Gasteiger partial charge on any atom is -0.497 e.